The van der Waals surface area contributed by atoms with Crippen LogP contribution in [-0.4, -0.2) is 18.1 Å². The van der Waals surface area contributed by atoms with Crippen molar-refractivity contribution in [2.24, 2.45) is 0 Å². The second kappa shape index (κ2) is 7.60. The maximum absolute atomic E-state index is 8.75. The van der Waals surface area contributed by atoms with Crippen LogP contribution in [0, 0.1) is 11.3 Å². The lowest BCUT2D eigenvalue weighted by molar-refractivity contribution is 0.541. The molecule has 0 heterocycles. The smallest absolute Gasteiger partial charge is 0.0992 e. The zero-order valence-corrected chi connectivity index (χ0v) is 11.7. The Bertz CT molecular complexity index is 401. The highest BCUT2D eigenvalue weighted by Crippen LogP contribution is 2.17. The van der Waals surface area contributed by atoms with E-state index in [2.05, 4.69) is 24.6 Å². The van der Waals surface area contributed by atoms with Crippen molar-refractivity contribution in [3.8, 4) is 6.07 Å². The van der Waals surface area contributed by atoms with E-state index in [4.69, 9.17) is 16.9 Å². The summed E-state index contributed by atoms with van der Waals surface area (Å²) in [5.74, 6) is 1.10. The first kappa shape index (κ1) is 14.4. The largest absolute Gasteiger partial charge is 0.309 e. The first-order chi connectivity index (χ1) is 8.21. The molecule has 0 fully saturated rings. The Hall–Kier alpha value is -0.690. The second-order valence-corrected chi connectivity index (χ2v) is 5.18. The van der Waals surface area contributed by atoms with Gasteiger partial charge in [-0.15, -0.1) is 0 Å². The fraction of sp³-hybridized carbons (Fsp3) is 0.462. The molecule has 0 aliphatic rings. The van der Waals surface area contributed by atoms with Crippen LogP contribution in [0.1, 0.15) is 24.5 Å². The van der Waals surface area contributed by atoms with Gasteiger partial charge in [-0.3, -0.25) is 0 Å². The second-order valence-electron chi connectivity index (χ2n) is 3.86. The lowest BCUT2D eigenvalue weighted by atomic mass is 10.1. The van der Waals surface area contributed by atoms with E-state index in [1.807, 2.05) is 17.8 Å². The van der Waals surface area contributed by atoms with Crippen molar-refractivity contribution >= 4 is 23.4 Å². The fourth-order valence-electron chi connectivity index (χ4n) is 1.54. The number of nitriles is 1. The average molecular weight is 269 g/mol. The molecule has 1 atom stereocenters. The van der Waals surface area contributed by atoms with Crippen LogP contribution in [0.25, 0.3) is 0 Å². The van der Waals surface area contributed by atoms with Crippen molar-refractivity contribution in [2.45, 2.75) is 25.9 Å². The number of thioether (sulfide) groups is 1. The molecule has 0 aliphatic carbocycles. The van der Waals surface area contributed by atoms with Crippen LogP contribution >= 0.6 is 23.4 Å². The van der Waals surface area contributed by atoms with Crippen molar-refractivity contribution in [2.75, 3.05) is 12.0 Å². The molecule has 0 amide bonds. The summed E-state index contributed by atoms with van der Waals surface area (Å²) in [5.41, 5.74) is 1.65. The van der Waals surface area contributed by atoms with E-state index in [0.29, 0.717) is 16.6 Å². The van der Waals surface area contributed by atoms with Crippen LogP contribution in [0.5, 0.6) is 0 Å². The number of hydrogen-bond donors (Lipinski definition) is 1. The fourth-order valence-corrected chi connectivity index (χ4v) is 2.54. The molecule has 1 N–H and O–H groups in total. The molecular weight excluding hydrogens is 252 g/mol. The molecule has 1 unspecified atom stereocenters. The highest BCUT2D eigenvalue weighted by atomic mass is 35.5. The molecule has 0 spiro atoms. The maximum atomic E-state index is 8.75. The van der Waals surface area contributed by atoms with Gasteiger partial charge < -0.3 is 5.32 Å². The number of halogens is 1. The molecule has 17 heavy (non-hydrogen) atoms. The molecule has 0 radical (unpaired) electrons. The lowest BCUT2D eigenvalue weighted by Gasteiger charge is -2.16. The molecule has 0 saturated heterocycles. The Labute approximate surface area is 112 Å². The van der Waals surface area contributed by atoms with Crippen LogP contribution < -0.4 is 5.32 Å². The predicted octanol–water partition coefficient (Wildman–Crippen LogP) is 3.44. The van der Waals surface area contributed by atoms with E-state index in [1.165, 1.54) is 0 Å². The summed E-state index contributed by atoms with van der Waals surface area (Å²) in [6.45, 7) is 2.93. The van der Waals surface area contributed by atoms with Crippen molar-refractivity contribution in [1.29, 1.82) is 5.26 Å². The highest BCUT2D eigenvalue weighted by Gasteiger charge is 2.06. The van der Waals surface area contributed by atoms with Gasteiger partial charge in [0.2, 0.25) is 0 Å². The van der Waals surface area contributed by atoms with E-state index in [0.717, 1.165) is 24.3 Å². The van der Waals surface area contributed by atoms with Gasteiger partial charge in [-0.25, -0.2) is 0 Å². The standard InChI is InChI=1S/C13H17ClN2S/c1-3-12(9-17-2)16-8-11-5-4-10(7-15)6-13(11)14/h4-6,12,16H,3,8-9H2,1-2H3. The van der Waals surface area contributed by atoms with Crippen molar-refractivity contribution in [1.82, 2.24) is 5.32 Å². The summed E-state index contributed by atoms with van der Waals surface area (Å²) < 4.78 is 0. The van der Waals surface area contributed by atoms with Gasteiger partial charge in [0.1, 0.15) is 0 Å². The molecule has 0 bridgehead atoms. The highest BCUT2D eigenvalue weighted by molar-refractivity contribution is 7.98. The monoisotopic (exact) mass is 268 g/mol. The molecular formula is C13H17ClN2S. The van der Waals surface area contributed by atoms with E-state index in [9.17, 15) is 0 Å². The van der Waals surface area contributed by atoms with E-state index in [1.54, 1.807) is 12.1 Å². The number of nitrogens with zero attached hydrogens (tertiary/aromatic N) is 1. The van der Waals surface area contributed by atoms with E-state index >= 15 is 0 Å². The van der Waals surface area contributed by atoms with Crippen molar-refractivity contribution < 1.29 is 0 Å². The van der Waals surface area contributed by atoms with Gasteiger partial charge in [0, 0.05) is 23.4 Å². The SMILES string of the molecule is CCC(CSC)NCc1ccc(C#N)cc1Cl. The van der Waals surface area contributed by atoms with Gasteiger partial charge in [-0.2, -0.15) is 17.0 Å². The molecule has 2 nitrogen and oxygen atoms in total. The number of hydrogen-bond acceptors (Lipinski definition) is 3. The molecule has 0 aromatic heterocycles. The van der Waals surface area contributed by atoms with Gasteiger partial charge in [-0.1, -0.05) is 24.6 Å². The van der Waals surface area contributed by atoms with Gasteiger partial charge in [0.15, 0.2) is 0 Å². The lowest BCUT2D eigenvalue weighted by Crippen LogP contribution is -2.30. The van der Waals surface area contributed by atoms with Crippen molar-refractivity contribution in [3.05, 3.63) is 34.3 Å². The van der Waals surface area contributed by atoms with Gasteiger partial charge in [-0.05, 0) is 30.4 Å². The Morgan fingerprint density at radius 1 is 1.53 bits per heavy atom. The topological polar surface area (TPSA) is 35.8 Å². The number of rotatable bonds is 6. The summed E-state index contributed by atoms with van der Waals surface area (Å²) in [7, 11) is 0. The number of nitrogens with one attached hydrogen (secondary N) is 1. The number of benzene rings is 1. The van der Waals surface area contributed by atoms with Crippen LogP contribution in [0.2, 0.25) is 5.02 Å². The summed E-state index contributed by atoms with van der Waals surface area (Å²) in [4.78, 5) is 0. The van der Waals surface area contributed by atoms with Crippen LogP contribution in [0.3, 0.4) is 0 Å². The first-order valence-corrected chi connectivity index (χ1v) is 7.39. The molecule has 1 aromatic rings. The zero-order chi connectivity index (χ0) is 12.7. The Balaban J connectivity index is 2.60. The molecule has 92 valence electrons. The van der Waals surface area contributed by atoms with Crippen molar-refractivity contribution in [3.63, 3.8) is 0 Å². The summed E-state index contributed by atoms with van der Waals surface area (Å²) in [6, 6.07) is 8.03. The Kier molecular flexibility index (Phi) is 6.43. The molecule has 0 aliphatic heterocycles. The molecule has 1 rings (SSSR count). The van der Waals surface area contributed by atoms with E-state index in [-0.39, 0.29) is 0 Å². The third kappa shape index (κ3) is 4.59. The third-order valence-corrected chi connectivity index (χ3v) is 3.71. The molecule has 1 aromatic carbocycles. The van der Waals surface area contributed by atoms with Gasteiger partial charge in [0.05, 0.1) is 11.6 Å². The quantitative estimate of drug-likeness (QED) is 0.859. The minimum atomic E-state index is 0.511. The summed E-state index contributed by atoms with van der Waals surface area (Å²) >= 11 is 7.96. The van der Waals surface area contributed by atoms with E-state index < -0.39 is 0 Å². The summed E-state index contributed by atoms with van der Waals surface area (Å²) in [6.07, 6.45) is 3.22. The minimum absolute atomic E-state index is 0.511. The Morgan fingerprint density at radius 3 is 2.82 bits per heavy atom. The predicted molar refractivity (Wildman–Crippen MR) is 75.5 cm³/mol. The first-order valence-electron chi connectivity index (χ1n) is 5.62. The van der Waals surface area contributed by atoms with Gasteiger partial charge >= 0.3 is 0 Å². The third-order valence-electron chi connectivity index (χ3n) is 2.62. The molecule has 4 heteroatoms. The van der Waals surface area contributed by atoms with Gasteiger partial charge in [0.25, 0.3) is 0 Å². The van der Waals surface area contributed by atoms with Crippen LogP contribution in [0.15, 0.2) is 18.2 Å². The van der Waals surface area contributed by atoms with Crippen LogP contribution in [-0.2, 0) is 6.54 Å². The normalized spacial score (nSPS) is 12.1. The minimum Gasteiger partial charge on any atom is -0.309 e. The Morgan fingerprint density at radius 2 is 2.29 bits per heavy atom. The van der Waals surface area contributed by atoms with Crippen LogP contribution in [0.4, 0.5) is 0 Å². The zero-order valence-electron chi connectivity index (χ0n) is 10.2. The summed E-state index contributed by atoms with van der Waals surface area (Å²) in [5, 5.41) is 12.9. The average Bonchev–Trinajstić information content (AvgIpc) is 2.35. The molecule has 0 saturated carbocycles. The maximum Gasteiger partial charge on any atom is 0.0992 e.